The van der Waals surface area contributed by atoms with Gasteiger partial charge in [0.15, 0.2) is 13.2 Å². The van der Waals surface area contributed by atoms with Crippen molar-refractivity contribution in [1.29, 1.82) is 0 Å². The third kappa shape index (κ3) is 7.31. The summed E-state index contributed by atoms with van der Waals surface area (Å²) < 4.78 is 15.9. The van der Waals surface area contributed by atoms with E-state index in [0.717, 1.165) is 16.9 Å². The Labute approximate surface area is 165 Å². The molecule has 6 heteroatoms. The first-order valence-corrected chi connectivity index (χ1v) is 9.26. The van der Waals surface area contributed by atoms with Crippen molar-refractivity contribution < 1.29 is 23.8 Å². The lowest BCUT2D eigenvalue weighted by molar-refractivity contribution is -0.150. The highest BCUT2D eigenvalue weighted by Crippen LogP contribution is 2.23. The van der Waals surface area contributed by atoms with E-state index in [1.54, 1.807) is 24.3 Å². The lowest BCUT2D eigenvalue weighted by Gasteiger charge is -2.12. The number of hydrogen-bond donors (Lipinski definition) is 1. The van der Waals surface area contributed by atoms with E-state index in [1.807, 2.05) is 26.0 Å². The van der Waals surface area contributed by atoms with Crippen LogP contribution in [0.5, 0.6) is 11.5 Å². The van der Waals surface area contributed by atoms with E-state index in [4.69, 9.17) is 14.2 Å². The minimum absolute atomic E-state index is 0.236. The fourth-order valence-electron chi connectivity index (χ4n) is 2.53. The van der Waals surface area contributed by atoms with Crippen LogP contribution in [0.4, 0.5) is 0 Å². The molecule has 0 bridgehead atoms. The zero-order valence-electron chi connectivity index (χ0n) is 16.6. The predicted octanol–water partition coefficient (Wildman–Crippen LogP) is 3.12. The molecule has 0 aliphatic carbocycles. The van der Waals surface area contributed by atoms with Crippen molar-refractivity contribution >= 4 is 11.9 Å². The van der Waals surface area contributed by atoms with Gasteiger partial charge in [-0.2, -0.15) is 0 Å². The molecule has 0 spiro atoms. The number of nitrogens with one attached hydrogen (secondary N) is 1. The Morgan fingerprint density at radius 1 is 0.964 bits per heavy atom. The van der Waals surface area contributed by atoms with E-state index in [0.29, 0.717) is 25.3 Å². The summed E-state index contributed by atoms with van der Waals surface area (Å²) in [5, 5.41) is 2.70. The highest BCUT2D eigenvalue weighted by molar-refractivity contribution is 5.80. The van der Waals surface area contributed by atoms with E-state index in [-0.39, 0.29) is 19.1 Å². The summed E-state index contributed by atoms with van der Waals surface area (Å²) in [6.45, 7) is 6.50. The molecule has 6 nitrogen and oxygen atoms in total. The van der Waals surface area contributed by atoms with E-state index < -0.39 is 5.97 Å². The highest BCUT2D eigenvalue weighted by Gasteiger charge is 2.08. The number of hydrogen-bond acceptors (Lipinski definition) is 5. The molecule has 0 fully saturated rings. The van der Waals surface area contributed by atoms with Gasteiger partial charge in [-0.05, 0) is 62.1 Å². The topological polar surface area (TPSA) is 73.9 Å². The first-order chi connectivity index (χ1) is 13.5. The molecule has 2 rings (SSSR count). The van der Waals surface area contributed by atoms with Crippen molar-refractivity contribution in [2.45, 2.75) is 27.2 Å². The summed E-state index contributed by atoms with van der Waals surface area (Å²) in [5.74, 6) is 0.502. The summed E-state index contributed by atoms with van der Waals surface area (Å²) in [6.07, 6.45) is 0.656. The number of carbonyl (C=O) groups is 2. The number of carbonyl (C=O) groups excluding carboxylic acids is 2. The Morgan fingerprint density at radius 2 is 1.71 bits per heavy atom. The molecule has 0 saturated heterocycles. The van der Waals surface area contributed by atoms with Gasteiger partial charge in [0.1, 0.15) is 11.5 Å². The minimum Gasteiger partial charge on any atom is -0.493 e. The van der Waals surface area contributed by atoms with Crippen molar-refractivity contribution in [2.75, 3.05) is 26.4 Å². The van der Waals surface area contributed by atoms with Crippen LogP contribution < -0.4 is 14.8 Å². The molecule has 0 atom stereocenters. The molecule has 0 saturated carbocycles. The van der Waals surface area contributed by atoms with Gasteiger partial charge in [-0.3, -0.25) is 4.79 Å². The zero-order chi connectivity index (χ0) is 20.4. The molecule has 1 amide bonds. The number of ether oxygens (including phenoxy) is 3. The second kappa shape index (κ2) is 11.0. The van der Waals surface area contributed by atoms with Crippen LogP contribution in [0.15, 0.2) is 42.5 Å². The molecule has 0 radical (unpaired) electrons. The summed E-state index contributed by atoms with van der Waals surface area (Å²) in [4.78, 5) is 23.3. The summed E-state index contributed by atoms with van der Waals surface area (Å²) in [5.41, 5.74) is 3.48. The van der Waals surface area contributed by atoms with Gasteiger partial charge < -0.3 is 19.5 Å². The summed E-state index contributed by atoms with van der Waals surface area (Å²) >= 11 is 0. The monoisotopic (exact) mass is 385 g/mol. The van der Waals surface area contributed by atoms with Crippen LogP contribution in [0.1, 0.15) is 23.1 Å². The second-order valence-electron chi connectivity index (χ2n) is 6.52. The largest absolute Gasteiger partial charge is 0.493 e. The molecule has 0 aromatic heterocycles. The van der Waals surface area contributed by atoms with Gasteiger partial charge in [-0.25, -0.2) is 4.79 Å². The maximum atomic E-state index is 11.7. The predicted molar refractivity (Wildman–Crippen MR) is 107 cm³/mol. The molecule has 0 heterocycles. The van der Waals surface area contributed by atoms with Gasteiger partial charge in [0, 0.05) is 6.54 Å². The van der Waals surface area contributed by atoms with Crippen LogP contribution in [0.3, 0.4) is 0 Å². The number of para-hydroxylation sites is 1. The Morgan fingerprint density at radius 3 is 2.46 bits per heavy atom. The highest BCUT2D eigenvalue weighted by atomic mass is 16.6. The molecule has 1 N–H and O–H groups in total. The van der Waals surface area contributed by atoms with Gasteiger partial charge in [0.2, 0.25) is 0 Å². The SMILES string of the molecule is Cc1cc(C)c(C)c(OCCCNC(=O)COC(=O)COc2ccccc2)c1. The fraction of sp³-hybridized carbons (Fsp3) is 0.364. The Bertz CT molecular complexity index is 789. The molecular weight excluding hydrogens is 358 g/mol. The maximum Gasteiger partial charge on any atom is 0.344 e. The van der Waals surface area contributed by atoms with E-state index in [2.05, 4.69) is 18.3 Å². The molecule has 0 unspecified atom stereocenters. The van der Waals surface area contributed by atoms with Gasteiger partial charge in [0.05, 0.1) is 6.61 Å². The summed E-state index contributed by atoms with van der Waals surface area (Å²) in [6, 6.07) is 13.1. The molecule has 2 aromatic carbocycles. The molecule has 28 heavy (non-hydrogen) atoms. The molecule has 0 aliphatic heterocycles. The number of aryl methyl sites for hydroxylation is 2. The molecule has 150 valence electrons. The number of amides is 1. The average Bonchev–Trinajstić information content (AvgIpc) is 2.68. The number of rotatable bonds is 10. The van der Waals surface area contributed by atoms with Gasteiger partial charge in [-0.15, -0.1) is 0 Å². The lowest BCUT2D eigenvalue weighted by Crippen LogP contribution is -2.31. The number of esters is 1. The van der Waals surface area contributed by atoms with Crippen LogP contribution in [0.2, 0.25) is 0 Å². The number of benzene rings is 2. The standard InChI is InChI=1S/C22H27NO5/c1-16-12-17(2)18(3)20(13-16)26-11-7-10-23-21(24)14-28-22(25)15-27-19-8-5-4-6-9-19/h4-6,8-9,12-13H,7,10-11,14-15H2,1-3H3,(H,23,24). The normalized spacial score (nSPS) is 10.2. The first-order valence-electron chi connectivity index (χ1n) is 9.26. The van der Waals surface area contributed by atoms with Crippen LogP contribution in [-0.2, 0) is 14.3 Å². The van der Waals surface area contributed by atoms with E-state index >= 15 is 0 Å². The van der Waals surface area contributed by atoms with Crippen LogP contribution in [0.25, 0.3) is 0 Å². The van der Waals surface area contributed by atoms with Crippen LogP contribution in [0, 0.1) is 20.8 Å². The third-order valence-corrected chi connectivity index (χ3v) is 4.13. The van der Waals surface area contributed by atoms with Crippen LogP contribution >= 0.6 is 0 Å². The van der Waals surface area contributed by atoms with Crippen molar-refractivity contribution in [3.63, 3.8) is 0 Å². The zero-order valence-corrected chi connectivity index (χ0v) is 16.6. The average molecular weight is 385 g/mol. The van der Waals surface area contributed by atoms with Crippen molar-refractivity contribution in [2.24, 2.45) is 0 Å². The molecular formula is C22H27NO5. The van der Waals surface area contributed by atoms with Crippen LogP contribution in [-0.4, -0.2) is 38.2 Å². The molecule has 0 aliphatic rings. The van der Waals surface area contributed by atoms with Crippen molar-refractivity contribution in [1.82, 2.24) is 5.32 Å². The van der Waals surface area contributed by atoms with Gasteiger partial charge in [0.25, 0.3) is 5.91 Å². The maximum absolute atomic E-state index is 11.7. The second-order valence-corrected chi connectivity index (χ2v) is 6.52. The quantitative estimate of drug-likeness (QED) is 0.502. The fourth-order valence-corrected chi connectivity index (χ4v) is 2.53. The smallest absolute Gasteiger partial charge is 0.344 e. The first kappa shape index (κ1) is 21.3. The Kier molecular flexibility index (Phi) is 8.34. The lowest BCUT2D eigenvalue weighted by atomic mass is 10.1. The minimum atomic E-state index is -0.590. The van der Waals surface area contributed by atoms with Gasteiger partial charge >= 0.3 is 5.97 Å². The molecule has 2 aromatic rings. The third-order valence-electron chi connectivity index (χ3n) is 4.13. The van der Waals surface area contributed by atoms with E-state index in [9.17, 15) is 9.59 Å². The summed E-state index contributed by atoms with van der Waals surface area (Å²) in [7, 11) is 0. The van der Waals surface area contributed by atoms with Crippen molar-refractivity contribution in [3.8, 4) is 11.5 Å². The Balaban J connectivity index is 1.57. The Hall–Kier alpha value is -3.02. The van der Waals surface area contributed by atoms with E-state index in [1.165, 1.54) is 5.56 Å². The van der Waals surface area contributed by atoms with Gasteiger partial charge in [-0.1, -0.05) is 24.3 Å². The van der Waals surface area contributed by atoms with Crippen molar-refractivity contribution in [3.05, 3.63) is 59.2 Å².